The van der Waals surface area contributed by atoms with E-state index in [1.807, 2.05) is 6.92 Å². The Kier molecular flexibility index (Phi) is 6.15. The highest BCUT2D eigenvalue weighted by atomic mass is 19.1. The molecule has 1 aliphatic rings. The van der Waals surface area contributed by atoms with Gasteiger partial charge in [-0.3, -0.25) is 0 Å². The topological polar surface area (TPSA) is 70.6 Å². The van der Waals surface area contributed by atoms with E-state index in [0.29, 0.717) is 11.5 Å². The summed E-state index contributed by atoms with van der Waals surface area (Å²) in [5, 5.41) is 15.5. The van der Waals surface area contributed by atoms with E-state index in [1.54, 1.807) is 0 Å². The molecule has 1 aromatic carbocycles. The lowest BCUT2D eigenvalue weighted by Gasteiger charge is -2.28. The Hall–Kier alpha value is -1.66. The second kappa shape index (κ2) is 8.10. The minimum atomic E-state index is -0.857. The number of hydrogen-bond acceptors (Lipinski definition) is 3. The number of amides is 2. The molecule has 22 heavy (non-hydrogen) atoms. The summed E-state index contributed by atoms with van der Waals surface area (Å²) in [6, 6.07) is 5.33. The third kappa shape index (κ3) is 4.96. The zero-order valence-electron chi connectivity index (χ0n) is 12.7. The average molecular weight is 310 g/mol. The van der Waals surface area contributed by atoms with Gasteiger partial charge in [0.15, 0.2) is 0 Å². The summed E-state index contributed by atoms with van der Waals surface area (Å²) >= 11 is 0. The molecule has 122 valence electrons. The number of aliphatic hydroxyl groups is 1. The van der Waals surface area contributed by atoms with Crippen LogP contribution < -0.4 is 10.6 Å². The Morgan fingerprint density at radius 2 is 2.00 bits per heavy atom. The van der Waals surface area contributed by atoms with Gasteiger partial charge in [0, 0.05) is 25.8 Å². The first-order valence-electron chi connectivity index (χ1n) is 7.62. The van der Waals surface area contributed by atoms with Gasteiger partial charge >= 0.3 is 6.03 Å². The summed E-state index contributed by atoms with van der Waals surface area (Å²) in [4.78, 5) is 11.9. The summed E-state index contributed by atoms with van der Waals surface area (Å²) in [5.74, 6) is 0.0634. The molecule has 0 saturated carbocycles. The fraction of sp³-hybridized carbons (Fsp3) is 0.562. The highest BCUT2D eigenvalue weighted by molar-refractivity contribution is 5.74. The number of aliphatic hydroxyl groups excluding tert-OH is 1. The Bertz CT molecular complexity index is 475. The van der Waals surface area contributed by atoms with Crippen molar-refractivity contribution in [1.29, 1.82) is 0 Å². The molecular formula is C16H23FN2O3. The van der Waals surface area contributed by atoms with Crippen molar-refractivity contribution in [3.05, 3.63) is 35.6 Å². The van der Waals surface area contributed by atoms with Crippen LogP contribution >= 0.6 is 0 Å². The molecule has 3 N–H and O–H groups in total. The fourth-order valence-electron chi connectivity index (χ4n) is 2.58. The molecule has 1 aromatic rings. The molecule has 0 aromatic heterocycles. The molecule has 2 rings (SSSR count). The van der Waals surface area contributed by atoms with E-state index in [-0.39, 0.29) is 24.4 Å². The van der Waals surface area contributed by atoms with Gasteiger partial charge in [0.1, 0.15) is 5.82 Å². The minimum absolute atomic E-state index is 0.0619. The van der Waals surface area contributed by atoms with Crippen molar-refractivity contribution in [2.45, 2.75) is 31.9 Å². The lowest BCUT2D eigenvalue weighted by atomic mass is 9.93. The largest absolute Gasteiger partial charge is 0.387 e. The monoisotopic (exact) mass is 310 g/mol. The SMILES string of the molecule is CC(NC(=O)NCC(O)c1ccc(F)cc1)C1CCOCC1. The molecule has 0 radical (unpaired) electrons. The van der Waals surface area contributed by atoms with Crippen LogP contribution in [0.2, 0.25) is 0 Å². The number of urea groups is 1. The number of benzene rings is 1. The van der Waals surface area contributed by atoms with Gasteiger partial charge in [-0.1, -0.05) is 12.1 Å². The van der Waals surface area contributed by atoms with Crippen LogP contribution in [0.5, 0.6) is 0 Å². The number of carbonyl (C=O) groups is 1. The first-order chi connectivity index (χ1) is 10.6. The number of ether oxygens (including phenoxy) is 1. The lowest BCUT2D eigenvalue weighted by Crippen LogP contribution is -2.46. The first-order valence-corrected chi connectivity index (χ1v) is 7.62. The maximum absolute atomic E-state index is 12.8. The van der Waals surface area contributed by atoms with Crippen LogP contribution in [0.15, 0.2) is 24.3 Å². The molecule has 2 amide bonds. The normalized spacial score (nSPS) is 18.5. The summed E-state index contributed by atoms with van der Waals surface area (Å²) in [7, 11) is 0. The number of carbonyl (C=O) groups excluding carboxylic acids is 1. The molecule has 0 aliphatic carbocycles. The molecule has 0 bridgehead atoms. The van der Waals surface area contributed by atoms with E-state index in [0.717, 1.165) is 26.1 Å². The molecule has 1 aliphatic heterocycles. The molecule has 1 saturated heterocycles. The van der Waals surface area contributed by atoms with Gasteiger partial charge in [-0.15, -0.1) is 0 Å². The van der Waals surface area contributed by atoms with E-state index < -0.39 is 6.10 Å². The van der Waals surface area contributed by atoms with Crippen molar-refractivity contribution in [3.63, 3.8) is 0 Å². The van der Waals surface area contributed by atoms with Crippen LogP contribution in [0.25, 0.3) is 0 Å². The van der Waals surface area contributed by atoms with Gasteiger partial charge in [0.05, 0.1) is 6.10 Å². The number of hydrogen-bond donors (Lipinski definition) is 3. The van der Waals surface area contributed by atoms with Gasteiger partial charge in [-0.2, -0.15) is 0 Å². The van der Waals surface area contributed by atoms with Crippen molar-refractivity contribution < 1.29 is 19.0 Å². The molecule has 6 heteroatoms. The second-order valence-electron chi connectivity index (χ2n) is 5.66. The minimum Gasteiger partial charge on any atom is -0.387 e. The van der Waals surface area contributed by atoms with Crippen LogP contribution in [-0.4, -0.2) is 36.9 Å². The number of nitrogens with one attached hydrogen (secondary N) is 2. The molecule has 2 unspecified atom stereocenters. The Balaban J connectivity index is 1.73. The summed E-state index contributed by atoms with van der Waals surface area (Å²) < 4.78 is 18.1. The van der Waals surface area contributed by atoms with E-state index >= 15 is 0 Å². The van der Waals surface area contributed by atoms with Crippen molar-refractivity contribution in [2.75, 3.05) is 19.8 Å². The molecule has 0 spiro atoms. The average Bonchev–Trinajstić information content (AvgIpc) is 2.54. The van der Waals surface area contributed by atoms with Gasteiger partial charge < -0.3 is 20.5 Å². The fourth-order valence-corrected chi connectivity index (χ4v) is 2.58. The van der Waals surface area contributed by atoms with Crippen molar-refractivity contribution >= 4 is 6.03 Å². The molecule has 1 heterocycles. The van der Waals surface area contributed by atoms with Crippen molar-refractivity contribution in [1.82, 2.24) is 10.6 Å². The number of halogens is 1. The smallest absolute Gasteiger partial charge is 0.315 e. The van der Waals surface area contributed by atoms with Gasteiger partial charge in [0.2, 0.25) is 0 Å². The summed E-state index contributed by atoms with van der Waals surface area (Å²) in [5.41, 5.74) is 0.569. The third-order valence-electron chi connectivity index (χ3n) is 4.04. The Morgan fingerprint density at radius 3 is 2.64 bits per heavy atom. The van der Waals surface area contributed by atoms with Gasteiger partial charge in [-0.05, 0) is 43.4 Å². The zero-order chi connectivity index (χ0) is 15.9. The molecule has 5 nitrogen and oxygen atoms in total. The van der Waals surface area contributed by atoms with E-state index in [2.05, 4.69) is 10.6 Å². The molecular weight excluding hydrogens is 287 g/mol. The second-order valence-corrected chi connectivity index (χ2v) is 5.66. The zero-order valence-corrected chi connectivity index (χ0v) is 12.7. The van der Waals surface area contributed by atoms with E-state index in [4.69, 9.17) is 4.74 Å². The highest BCUT2D eigenvalue weighted by Gasteiger charge is 2.22. The lowest BCUT2D eigenvalue weighted by molar-refractivity contribution is 0.0570. The van der Waals surface area contributed by atoms with Crippen LogP contribution in [0.3, 0.4) is 0 Å². The van der Waals surface area contributed by atoms with E-state index in [1.165, 1.54) is 24.3 Å². The predicted molar refractivity (Wildman–Crippen MR) is 80.9 cm³/mol. The predicted octanol–water partition coefficient (Wildman–Crippen LogP) is 1.97. The van der Waals surface area contributed by atoms with Crippen molar-refractivity contribution in [3.8, 4) is 0 Å². The maximum Gasteiger partial charge on any atom is 0.315 e. The van der Waals surface area contributed by atoms with Crippen LogP contribution in [-0.2, 0) is 4.74 Å². The molecule has 2 atom stereocenters. The maximum atomic E-state index is 12.8. The Morgan fingerprint density at radius 1 is 1.36 bits per heavy atom. The van der Waals surface area contributed by atoms with Crippen LogP contribution in [0.1, 0.15) is 31.4 Å². The summed E-state index contributed by atoms with van der Waals surface area (Å²) in [6.07, 6.45) is 1.03. The standard InChI is InChI=1S/C16H23FN2O3/c1-11(12-6-8-22-9-7-12)19-16(21)18-10-15(20)13-2-4-14(17)5-3-13/h2-5,11-12,15,20H,6-10H2,1H3,(H2,18,19,21). The van der Waals surface area contributed by atoms with Crippen molar-refractivity contribution in [2.24, 2.45) is 5.92 Å². The van der Waals surface area contributed by atoms with Crippen LogP contribution in [0.4, 0.5) is 9.18 Å². The quantitative estimate of drug-likeness (QED) is 0.779. The van der Waals surface area contributed by atoms with Crippen LogP contribution in [0, 0.1) is 11.7 Å². The highest BCUT2D eigenvalue weighted by Crippen LogP contribution is 2.18. The summed E-state index contributed by atoms with van der Waals surface area (Å²) in [6.45, 7) is 3.53. The molecule has 1 fully saturated rings. The third-order valence-corrected chi connectivity index (χ3v) is 4.04. The Labute approximate surface area is 129 Å². The first kappa shape index (κ1) is 16.7. The number of rotatable bonds is 5. The van der Waals surface area contributed by atoms with E-state index in [9.17, 15) is 14.3 Å². The van der Waals surface area contributed by atoms with Gasteiger partial charge in [-0.25, -0.2) is 9.18 Å². The van der Waals surface area contributed by atoms with Gasteiger partial charge in [0.25, 0.3) is 0 Å².